The molecule has 0 radical (unpaired) electrons. The van der Waals surface area contributed by atoms with Crippen LogP contribution < -0.4 is 26.0 Å². The van der Waals surface area contributed by atoms with Crippen molar-refractivity contribution in [3.63, 3.8) is 0 Å². The lowest BCUT2D eigenvalue weighted by Gasteiger charge is -2.38. The van der Waals surface area contributed by atoms with Crippen LogP contribution in [0.15, 0.2) is 78.9 Å². The number of ether oxygens (including phenoxy) is 2. The Kier molecular flexibility index (Phi) is 11.4. The van der Waals surface area contributed by atoms with Crippen molar-refractivity contribution in [2.24, 2.45) is 0 Å². The van der Waals surface area contributed by atoms with Crippen molar-refractivity contribution in [3.8, 4) is 5.75 Å². The first-order valence-corrected chi connectivity index (χ1v) is 16.1. The molecule has 48 heavy (non-hydrogen) atoms. The molecule has 11 nitrogen and oxygen atoms in total. The van der Waals surface area contributed by atoms with E-state index < -0.39 is 65.5 Å². The molecule has 5 rings (SSSR count). The van der Waals surface area contributed by atoms with Gasteiger partial charge >= 0.3 is 0 Å². The Morgan fingerprint density at radius 2 is 1.71 bits per heavy atom. The van der Waals surface area contributed by atoms with E-state index in [9.17, 15) is 28.7 Å². The maximum absolute atomic E-state index is 14.2. The predicted molar refractivity (Wildman–Crippen MR) is 175 cm³/mol. The van der Waals surface area contributed by atoms with Crippen LogP contribution in [0.25, 0.3) is 0 Å². The summed E-state index contributed by atoms with van der Waals surface area (Å²) in [7, 11) is 0. The molecule has 254 valence electrons. The zero-order valence-corrected chi connectivity index (χ0v) is 26.7. The Morgan fingerprint density at radius 3 is 2.44 bits per heavy atom. The van der Waals surface area contributed by atoms with Gasteiger partial charge in [0.15, 0.2) is 0 Å². The van der Waals surface area contributed by atoms with Gasteiger partial charge in [-0.2, -0.15) is 0 Å². The van der Waals surface area contributed by atoms with E-state index in [2.05, 4.69) is 21.3 Å². The minimum atomic E-state index is -1.36. The lowest BCUT2D eigenvalue weighted by Crippen LogP contribution is -2.57. The summed E-state index contributed by atoms with van der Waals surface area (Å²) >= 11 is 0. The highest BCUT2D eigenvalue weighted by molar-refractivity contribution is 6.01. The van der Waals surface area contributed by atoms with E-state index in [1.807, 2.05) is 30.3 Å². The third-order valence-electron chi connectivity index (χ3n) is 8.82. The van der Waals surface area contributed by atoms with Crippen LogP contribution in [0.3, 0.4) is 0 Å². The zero-order chi connectivity index (χ0) is 34.1. The predicted octanol–water partition coefficient (Wildman–Crippen LogP) is 2.16. The van der Waals surface area contributed by atoms with Crippen molar-refractivity contribution >= 4 is 23.6 Å². The summed E-state index contributed by atoms with van der Waals surface area (Å²) < 4.78 is 25.9. The average molecular weight is 661 g/mol. The number of aliphatic hydroxyl groups excluding tert-OH is 1. The van der Waals surface area contributed by atoms with E-state index in [0.717, 1.165) is 5.56 Å². The number of fused-ring (bicyclic) bond motifs is 1. The molecule has 0 bridgehead atoms. The van der Waals surface area contributed by atoms with Crippen LogP contribution in [0.2, 0.25) is 0 Å². The smallest absolute Gasteiger partial charge is 0.255 e. The first kappa shape index (κ1) is 34.5. The molecule has 0 aliphatic carbocycles. The summed E-state index contributed by atoms with van der Waals surface area (Å²) in [6, 6.07) is 18.9. The molecule has 5 N–H and O–H groups in total. The van der Waals surface area contributed by atoms with Crippen LogP contribution >= 0.6 is 0 Å². The Morgan fingerprint density at radius 1 is 0.979 bits per heavy atom. The van der Waals surface area contributed by atoms with Crippen LogP contribution in [-0.4, -0.2) is 79.3 Å². The van der Waals surface area contributed by atoms with Gasteiger partial charge in [0.1, 0.15) is 30.3 Å². The molecule has 4 amide bonds. The van der Waals surface area contributed by atoms with E-state index in [0.29, 0.717) is 38.0 Å². The van der Waals surface area contributed by atoms with Crippen LogP contribution in [0.4, 0.5) is 4.39 Å². The quantitative estimate of drug-likeness (QED) is 0.260. The van der Waals surface area contributed by atoms with Crippen LogP contribution in [0.5, 0.6) is 5.75 Å². The maximum atomic E-state index is 14.2. The first-order valence-electron chi connectivity index (χ1n) is 16.1. The van der Waals surface area contributed by atoms with Gasteiger partial charge in [-0.05, 0) is 61.6 Å². The highest BCUT2D eigenvalue weighted by Crippen LogP contribution is 2.34. The second-order valence-corrected chi connectivity index (χ2v) is 12.3. The van der Waals surface area contributed by atoms with Crippen LogP contribution in [-0.2, 0) is 31.0 Å². The SMILES string of the molecule is C[C@@H](O)[C@@H]1NC(=O)C[C@@H](C(=O)NCC2(c3cccc(F)c3)CCOCC2)NC(=O)c2ccccc2OC[C@@H](Cc2ccccc2)NC1=O. The fourth-order valence-electron chi connectivity index (χ4n) is 6.11. The number of carbonyl (C=O) groups is 4. The van der Waals surface area contributed by atoms with Crippen molar-refractivity contribution in [2.75, 3.05) is 26.4 Å². The van der Waals surface area contributed by atoms with Crippen LogP contribution in [0.1, 0.15) is 47.7 Å². The zero-order valence-electron chi connectivity index (χ0n) is 26.7. The number of hydrogen-bond donors (Lipinski definition) is 5. The molecule has 3 aromatic rings. The number of benzene rings is 3. The lowest BCUT2D eigenvalue weighted by atomic mass is 9.74. The second kappa shape index (κ2) is 15.9. The fourth-order valence-corrected chi connectivity index (χ4v) is 6.11. The van der Waals surface area contributed by atoms with Crippen molar-refractivity contribution in [3.05, 3.63) is 101 Å². The van der Waals surface area contributed by atoms with Gasteiger partial charge in [0, 0.05) is 25.2 Å². The largest absolute Gasteiger partial charge is 0.491 e. The van der Waals surface area contributed by atoms with Crippen molar-refractivity contribution in [2.45, 2.75) is 62.3 Å². The summed E-state index contributed by atoms with van der Waals surface area (Å²) in [4.78, 5) is 54.2. The Bertz CT molecular complexity index is 1600. The van der Waals surface area contributed by atoms with Gasteiger partial charge < -0.3 is 35.8 Å². The number of hydrogen-bond acceptors (Lipinski definition) is 7. The van der Waals surface area contributed by atoms with Crippen molar-refractivity contribution in [1.29, 1.82) is 0 Å². The summed E-state index contributed by atoms with van der Waals surface area (Å²) in [6.07, 6.45) is -0.374. The van der Waals surface area contributed by atoms with Crippen molar-refractivity contribution < 1.29 is 38.1 Å². The number of nitrogens with one attached hydrogen (secondary N) is 4. The van der Waals surface area contributed by atoms with Gasteiger partial charge in [0.2, 0.25) is 17.7 Å². The molecular weight excluding hydrogens is 619 g/mol. The Labute approximate surface area is 278 Å². The monoisotopic (exact) mass is 660 g/mol. The maximum Gasteiger partial charge on any atom is 0.255 e. The number of rotatable bonds is 7. The van der Waals surface area contributed by atoms with E-state index in [1.54, 1.807) is 36.4 Å². The first-order chi connectivity index (χ1) is 23.1. The minimum Gasteiger partial charge on any atom is -0.491 e. The number of carbonyl (C=O) groups excluding carboxylic acids is 4. The Balaban J connectivity index is 1.40. The van der Waals surface area contributed by atoms with Crippen molar-refractivity contribution in [1.82, 2.24) is 21.3 Å². The van der Waals surface area contributed by atoms with Gasteiger partial charge in [-0.3, -0.25) is 19.2 Å². The minimum absolute atomic E-state index is 0.0266. The van der Waals surface area contributed by atoms with Crippen LogP contribution in [0, 0.1) is 5.82 Å². The number of aliphatic hydroxyl groups is 1. The molecular formula is C36H41FN4O7. The van der Waals surface area contributed by atoms with Gasteiger partial charge in [-0.1, -0.05) is 54.6 Å². The summed E-state index contributed by atoms with van der Waals surface area (Å²) in [5.41, 5.74) is 1.14. The van der Waals surface area contributed by atoms with Gasteiger partial charge in [-0.25, -0.2) is 4.39 Å². The van der Waals surface area contributed by atoms with E-state index in [-0.39, 0.29) is 24.5 Å². The Hall–Kier alpha value is -4.81. The molecule has 4 atom stereocenters. The summed E-state index contributed by atoms with van der Waals surface area (Å²) in [5, 5.41) is 21.4. The molecule has 0 unspecified atom stereocenters. The van der Waals surface area contributed by atoms with E-state index in [4.69, 9.17) is 9.47 Å². The molecule has 0 spiro atoms. The van der Waals surface area contributed by atoms with E-state index in [1.165, 1.54) is 19.1 Å². The second-order valence-electron chi connectivity index (χ2n) is 12.3. The number of halogens is 1. The lowest BCUT2D eigenvalue weighted by molar-refractivity contribution is -0.133. The molecule has 0 saturated carbocycles. The standard InChI is InChI=1S/C36H41FN4O7/c1-23(42)32-35(46)39-27(18-24-8-3-2-4-9-24)21-48-30-13-6-5-12-28(30)33(44)40-29(20-31(43)41-32)34(45)38-22-36(14-16-47-17-15-36)25-10-7-11-26(37)19-25/h2-13,19,23,27,29,32,42H,14-18,20-22H2,1H3,(H,38,45)(H,39,46)(H,40,44)(H,41,43)/t23-,27-,29+,32+/m1/s1. The summed E-state index contributed by atoms with van der Waals surface area (Å²) in [5.74, 6) is -2.83. The molecule has 2 aliphatic heterocycles. The molecule has 2 aliphatic rings. The highest BCUT2D eigenvalue weighted by Gasteiger charge is 2.37. The fraction of sp³-hybridized carbons (Fsp3) is 0.389. The van der Waals surface area contributed by atoms with Gasteiger partial charge in [0.25, 0.3) is 5.91 Å². The molecule has 12 heteroatoms. The average Bonchev–Trinajstić information content (AvgIpc) is 3.08. The highest BCUT2D eigenvalue weighted by atomic mass is 19.1. The number of amides is 4. The van der Waals surface area contributed by atoms with Gasteiger partial charge in [0.05, 0.1) is 24.1 Å². The molecule has 1 fully saturated rings. The number of para-hydroxylation sites is 1. The normalized spacial score (nSPS) is 22.4. The molecule has 0 aromatic heterocycles. The summed E-state index contributed by atoms with van der Waals surface area (Å²) in [6.45, 7) is 2.29. The molecule has 3 aromatic carbocycles. The molecule has 1 saturated heterocycles. The third-order valence-corrected chi connectivity index (χ3v) is 8.82. The third kappa shape index (κ3) is 8.75. The molecule has 2 heterocycles. The topological polar surface area (TPSA) is 155 Å². The van der Waals surface area contributed by atoms with E-state index >= 15 is 0 Å². The van der Waals surface area contributed by atoms with Gasteiger partial charge in [-0.15, -0.1) is 0 Å².